The Kier molecular flexibility index (Phi) is 3.94. The third-order valence-corrected chi connectivity index (χ3v) is 4.47. The van der Waals surface area contributed by atoms with E-state index in [2.05, 4.69) is 57.6 Å². The molecule has 4 nitrogen and oxygen atoms in total. The minimum atomic E-state index is 0.120. The Balaban J connectivity index is 1.79. The molecule has 0 bridgehead atoms. The van der Waals surface area contributed by atoms with E-state index < -0.39 is 0 Å². The summed E-state index contributed by atoms with van der Waals surface area (Å²) in [7, 11) is 0. The summed E-state index contributed by atoms with van der Waals surface area (Å²) in [6, 6.07) is 18.9. The van der Waals surface area contributed by atoms with Crippen molar-refractivity contribution < 1.29 is 5.11 Å². The Morgan fingerprint density at radius 3 is 2.56 bits per heavy atom. The first-order chi connectivity index (χ1) is 12.2. The number of aryl methyl sites for hydroxylation is 3. The van der Waals surface area contributed by atoms with Crippen LogP contribution in [0.15, 0.2) is 60.8 Å². The lowest BCUT2D eigenvalue weighted by atomic mass is 9.97. The number of H-pyrrole nitrogens is 1. The number of nitrogens with one attached hydrogen (secondary N) is 1. The van der Waals surface area contributed by atoms with Crippen molar-refractivity contribution in [3.05, 3.63) is 77.6 Å². The van der Waals surface area contributed by atoms with E-state index in [0.717, 1.165) is 29.6 Å². The largest absolute Gasteiger partial charge is 0.504 e. The zero-order valence-corrected chi connectivity index (χ0v) is 14.0. The Hall–Kier alpha value is -3.14. The van der Waals surface area contributed by atoms with Gasteiger partial charge in [0, 0.05) is 11.1 Å². The van der Waals surface area contributed by atoms with Crippen LogP contribution in [0.25, 0.3) is 22.2 Å². The minimum absolute atomic E-state index is 0.120. The Morgan fingerprint density at radius 2 is 1.80 bits per heavy atom. The van der Waals surface area contributed by atoms with Gasteiger partial charge in [-0.2, -0.15) is 5.10 Å². The molecule has 0 atom stereocenters. The van der Waals surface area contributed by atoms with Crippen molar-refractivity contribution in [2.45, 2.75) is 19.8 Å². The van der Waals surface area contributed by atoms with Gasteiger partial charge in [-0.1, -0.05) is 48.5 Å². The van der Waals surface area contributed by atoms with Crippen molar-refractivity contribution in [3.63, 3.8) is 0 Å². The van der Waals surface area contributed by atoms with E-state index in [4.69, 9.17) is 0 Å². The maximum absolute atomic E-state index is 10.0. The number of aromatic nitrogens is 3. The summed E-state index contributed by atoms with van der Waals surface area (Å²) in [5, 5.41) is 19.0. The number of aromatic amines is 1. The van der Waals surface area contributed by atoms with Gasteiger partial charge in [-0.15, -0.1) is 0 Å². The first kappa shape index (κ1) is 15.4. The van der Waals surface area contributed by atoms with E-state index in [9.17, 15) is 5.11 Å². The number of hydrogen-bond donors (Lipinski definition) is 2. The van der Waals surface area contributed by atoms with E-state index in [1.54, 1.807) is 0 Å². The fraction of sp³-hybridized carbons (Fsp3) is 0.143. The summed E-state index contributed by atoms with van der Waals surface area (Å²) in [6.45, 7) is 1.98. The summed E-state index contributed by atoms with van der Waals surface area (Å²) < 4.78 is 0. The molecule has 4 aromatic rings. The van der Waals surface area contributed by atoms with Gasteiger partial charge in [0.1, 0.15) is 5.69 Å². The molecule has 25 heavy (non-hydrogen) atoms. The lowest BCUT2D eigenvalue weighted by molar-refractivity contribution is 0.477. The lowest BCUT2D eigenvalue weighted by Gasteiger charge is -2.11. The van der Waals surface area contributed by atoms with E-state index in [0.29, 0.717) is 5.69 Å². The van der Waals surface area contributed by atoms with Crippen molar-refractivity contribution in [3.8, 4) is 17.1 Å². The zero-order chi connectivity index (χ0) is 17.2. The van der Waals surface area contributed by atoms with Gasteiger partial charge in [0.05, 0.1) is 11.9 Å². The second kappa shape index (κ2) is 6.40. The Labute approximate surface area is 146 Å². The van der Waals surface area contributed by atoms with Gasteiger partial charge in [0.25, 0.3) is 0 Å². The maximum atomic E-state index is 10.0. The molecule has 2 aromatic heterocycles. The second-order valence-corrected chi connectivity index (χ2v) is 6.24. The molecule has 0 spiro atoms. The summed E-state index contributed by atoms with van der Waals surface area (Å²) >= 11 is 0. The third-order valence-electron chi connectivity index (χ3n) is 4.47. The van der Waals surface area contributed by atoms with Gasteiger partial charge in [0.15, 0.2) is 5.75 Å². The highest BCUT2D eigenvalue weighted by Gasteiger charge is 2.14. The summed E-state index contributed by atoms with van der Waals surface area (Å²) in [4.78, 5) is 4.63. The maximum Gasteiger partial charge on any atom is 0.163 e. The molecule has 0 amide bonds. The summed E-state index contributed by atoms with van der Waals surface area (Å²) in [6.07, 6.45) is 3.36. The zero-order valence-electron chi connectivity index (χ0n) is 14.0. The van der Waals surface area contributed by atoms with Gasteiger partial charge < -0.3 is 5.11 Å². The van der Waals surface area contributed by atoms with Crippen LogP contribution in [0, 0.1) is 6.92 Å². The number of nitrogens with zero attached hydrogens (tertiary/aromatic N) is 2. The van der Waals surface area contributed by atoms with E-state index >= 15 is 0 Å². The average Bonchev–Trinajstić information content (AvgIpc) is 3.06. The fourth-order valence-corrected chi connectivity index (χ4v) is 3.25. The van der Waals surface area contributed by atoms with Crippen LogP contribution < -0.4 is 0 Å². The normalized spacial score (nSPS) is 11.1. The molecule has 2 aromatic carbocycles. The number of hydrogen-bond acceptors (Lipinski definition) is 3. The van der Waals surface area contributed by atoms with Gasteiger partial charge in [-0.25, -0.2) is 0 Å². The van der Waals surface area contributed by atoms with Crippen LogP contribution in [-0.2, 0) is 12.8 Å². The second-order valence-electron chi connectivity index (χ2n) is 6.24. The topological polar surface area (TPSA) is 61.8 Å². The standard InChI is InChI=1S/C21H19N3O/c1-14-12-18-16(11-10-15-6-3-2-4-7-15)8-5-9-17(18)20(23-14)21-19(25)13-22-24-21/h2-9,12-13,25H,10-11H2,1H3,(H,22,24). The molecular formula is C21H19N3O. The lowest BCUT2D eigenvalue weighted by Crippen LogP contribution is -1.96. The molecule has 2 N–H and O–H groups in total. The van der Waals surface area contributed by atoms with Crippen LogP contribution in [0.2, 0.25) is 0 Å². The van der Waals surface area contributed by atoms with Crippen LogP contribution in [0.5, 0.6) is 5.75 Å². The Bertz CT molecular complexity index is 1020. The molecule has 2 heterocycles. The quantitative estimate of drug-likeness (QED) is 0.582. The Morgan fingerprint density at radius 1 is 0.960 bits per heavy atom. The molecule has 0 saturated carbocycles. The van der Waals surface area contributed by atoms with Crippen molar-refractivity contribution in [2.24, 2.45) is 0 Å². The summed E-state index contributed by atoms with van der Waals surface area (Å²) in [5.41, 5.74) is 4.84. The number of rotatable bonds is 4. The molecule has 0 fully saturated rings. The average molecular weight is 329 g/mol. The molecule has 0 aliphatic heterocycles. The van der Waals surface area contributed by atoms with Crippen LogP contribution in [-0.4, -0.2) is 20.3 Å². The summed E-state index contributed by atoms with van der Waals surface area (Å²) in [5.74, 6) is 0.120. The van der Waals surface area contributed by atoms with Gasteiger partial charge >= 0.3 is 0 Å². The van der Waals surface area contributed by atoms with Crippen molar-refractivity contribution >= 4 is 10.8 Å². The molecule has 0 saturated heterocycles. The van der Waals surface area contributed by atoms with Gasteiger partial charge in [-0.3, -0.25) is 10.1 Å². The monoisotopic (exact) mass is 329 g/mol. The van der Waals surface area contributed by atoms with Crippen LogP contribution in [0.3, 0.4) is 0 Å². The smallest absolute Gasteiger partial charge is 0.163 e. The molecule has 4 rings (SSSR count). The molecule has 0 unspecified atom stereocenters. The highest BCUT2D eigenvalue weighted by molar-refractivity contribution is 5.97. The SMILES string of the molecule is Cc1cc2c(CCc3ccccc3)cccc2c(-c2[nH]ncc2O)n1. The number of fused-ring (bicyclic) bond motifs is 1. The molecule has 0 aliphatic carbocycles. The predicted molar refractivity (Wildman–Crippen MR) is 99.6 cm³/mol. The number of benzene rings is 2. The molecule has 0 radical (unpaired) electrons. The van der Waals surface area contributed by atoms with Crippen molar-refractivity contribution in [2.75, 3.05) is 0 Å². The first-order valence-corrected chi connectivity index (χ1v) is 8.38. The van der Waals surface area contributed by atoms with Crippen LogP contribution in [0.1, 0.15) is 16.8 Å². The minimum Gasteiger partial charge on any atom is -0.504 e. The van der Waals surface area contributed by atoms with Gasteiger partial charge in [-0.05, 0) is 42.3 Å². The van der Waals surface area contributed by atoms with Crippen LogP contribution in [0.4, 0.5) is 0 Å². The van der Waals surface area contributed by atoms with E-state index in [1.165, 1.54) is 22.7 Å². The van der Waals surface area contributed by atoms with Crippen LogP contribution >= 0.6 is 0 Å². The van der Waals surface area contributed by atoms with E-state index in [-0.39, 0.29) is 5.75 Å². The number of pyridine rings is 1. The van der Waals surface area contributed by atoms with Crippen molar-refractivity contribution in [1.82, 2.24) is 15.2 Å². The molecular weight excluding hydrogens is 310 g/mol. The molecule has 0 aliphatic rings. The fourth-order valence-electron chi connectivity index (χ4n) is 3.25. The van der Waals surface area contributed by atoms with E-state index in [1.807, 2.05) is 19.1 Å². The van der Waals surface area contributed by atoms with Crippen molar-refractivity contribution in [1.29, 1.82) is 0 Å². The third kappa shape index (κ3) is 2.98. The highest BCUT2D eigenvalue weighted by atomic mass is 16.3. The number of aromatic hydroxyl groups is 1. The molecule has 124 valence electrons. The van der Waals surface area contributed by atoms with Gasteiger partial charge in [0.2, 0.25) is 0 Å². The molecule has 4 heteroatoms. The predicted octanol–water partition coefficient (Wildman–Crippen LogP) is 4.42. The highest BCUT2D eigenvalue weighted by Crippen LogP contribution is 2.33. The first-order valence-electron chi connectivity index (χ1n) is 8.38.